The van der Waals surface area contributed by atoms with Crippen LogP contribution in [0.2, 0.25) is 0 Å². The zero-order chi connectivity index (χ0) is 19.7. The third kappa shape index (κ3) is 3.68. The fourth-order valence-corrected chi connectivity index (χ4v) is 3.96. The van der Waals surface area contributed by atoms with E-state index in [0.717, 1.165) is 22.6 Å². The zero-order valence-electron chi connectivity index (χ0n) is 15.9. The van der Waals surface area contributed by atoms with E-state index in [-0.39, 0.29) is 12.1 Å². The molecule has 0 N–H and O–H groups in total. The Bertz CT molecular complexity index is 1160. The van der Waals surface area contributed by atoms with Crippen molar-refractivity contribution in [1.82, 2.24) is 19.7 Å². The van der Waals surface area contributed by atoms with Crippen molar-refractivity contribution in [1.29, 1.82) is 0 Å². The van der Waals surface area contributed by atoms with Gasteiger partial charge in [-0.25, -0.2) is 4.98 Å². The minimum Gasteiger partial charge on any atom is -0.497 e. The molecule has 3 heterocycles. The summed E-state index contributed by atoms with van der Waals surface area (Å²) in [7, 11) is 1.64. The van der Waals surface area contributed by atoms with Crippen LogP contribution in [0.4, 0.5) is 0 Å². The van der Waals surface area contributed by atoms with Gasteiger partial charge in [-0.05, 0) is 41.8 Å². The summed E-state index contributed by atoms with van der Waals surface area (Å²) in [4.78, 5) is 22.7. The maximum absolute atomic E-state index is 12.9. The van der Waals surface area contributed by atoms with E-state index in [4.69, 9.17) is 9.26 Å². The smallest absolute Gasteiger partial charge is 0.271 e. The molecule has 0 aliphatic heterocycles. The van der Waals surface area contributed by atoms with Crippen molar-refractivity contribution in [3.8, 4) is 16.2 Å². The average Bonchev–Trinajstić information content (AvgIpc) is 3.31. The molecule has 0 aliphatic rings. The number of thiophene rings is 1. The summed E-state index contributed by atoms with van der Waals surface area (Å²) < 4.78 is 12.6. The van der Waals surface area contributed by atoms with Crippen LogP contribution in [0.15, 0.2) is 46.0 Å². The van der Waals surface area contributed by atoms with Gasteiger partial charge in [0.1, 0.15) is 10.4 Å². The minimum atomic E-state index is -0.107. The van der Waals surface area contributed by atoms with Crippen LogP contribution in [0.1, 0.15) is 25.6 Å². The molecule has 1 aromatic carbocycles. The van der Waals surface area contributed by atoms with Gasteiger partial charge in [0.05, 0.1) is 25.5 Å². The van der Waals surface area contributed by atoms with E-state index in [9.17, 15) is 4.79 Å². The van der Waals surface area contributed by atoms with Crippen molar-refractivity contribution in [3.63, 3.8) is 0 Å². The molecule has 4 aromatic rings. The van der Waals surface area contributed by atoms with Gasteiger partial charge in [0.25, 0.3) is 5.56 Å². The van der Waals surface area contributed by atoms with E-state index in [2.05, 4.69) is 29.0 Å². The standard InChI is InChI=1S/C20H20N4O3S/c1-12(2)8-18-22-17(23-27-18)10-24-11-21-15-9-16(28-19(15)20(24)25)13-4-6-14(26-3)7-5-13/h4-7,9,11-12H,8,10H2,1-3H3. The summed E-state index contributed by atoms with van der Waals surface area (Å²) in [5.74, 6) is 2.29. The highest BCUT2D eigenvalue weighted by Crippen LogP contribution is 2.31. The first-order chi connectivity index (χ1) is 13.5. The summed E-state index contributed by atoms with van der Waals surface area (Å²) >= 11 is 1.43. The molecule has 0 saturated heterocycles. The molecule has 0 fully saturated rings. The summed E-state index contributed by atoms with van der Waals surface area (Å²) in [6.45, 7) is 4.41. The molecule has 0 bridgehead atoms. The van der Waals surface area contributed by atoms with E-state index in [1.807, 2.05) is 30.3 Å². The Morgan fingerprint density at radius 2 is 2.04 bits per heavy atom. The van der Waals surface area contributed by atoms with Crippen LogP contribution in [-0.2, 0) is 13.0 Å². The predicted octanol–water partition coefficient (Wildman–Crippen LogP) is 3.76. The van der Waals surface area contributed by atoms with Gasteiger partial charge in [0, 0.05) is 11.3 Å². The van der Waals surface area contributed by atoms with Crippen LogP contribution in [0.5, 0.6) is 5.75 Å². The summed E-state index contributed by atoms with van der Waals surface area (Å²) in [6.07, 6.45) is 2.25. The first kappa shape index (κ1) is 18.4. The molecule has 7 nitrogen and oxygen atoms in total. The number of hydrogen-bond acceptors (Lipinski definition) is 7. The third-order valence-electron chi connectivity index (χ3n) is 4.28. The van der Waals surface area contributed by atoms with Gasteiger partial charge in [-0.15, -0.1) is 11.3 Å². The monoisotopic (exact) mass is 396 g/mol. The van der Waals surface area contributed by atoms with Gasteiger partial charge in [-0.2, -0.15) is 4.98 Å². The summed E-state index contributed by atoms with van der Waals surface area (Å²) in [5.41, 5.74) is 1.60. The van der Waals surface area contributed by atoms with Crippen LogP contribution in [0.25, 0.3) is 20.7 Å². The number of fused-ring (bicyclic) bond motifs is 1. The lowest BCUT2D eigenvalue weighted by Crippen LogP contribution is -2.20. The van der Waals surface area contributed by atoms with E-state index in [0.29, 0.717) is 27.8 Å². The maximum atomic E-state index is 12.9. The summed E-state index contributed by atoms with van der Waals surface area (Å²) in [5, 5.41) is 3.97. The normalized spacial score (nSPS) is 11.4. The van der Waals surface area contributed by atoms with Gasteiger partial charge in [-0.3, -0.25) is 9.36 Å². The predicted molar refractivity (Wildman–Crippen MR) is 108 cm³/mol. The van der Waals surface area contributed by atoms with Gasteiger partial charge >= 0.3 is 0 Å². The Kier molecular flexibility index (Phi) is 4.95. The Labute approximate surface area is 165 Å². The van der Waals surface area contributed by atoms with E-state index >= 15 is 0 Å². The Morgan fingerprint density at radius 3 is 2.75 bits per heavy atom. The second-order valence-corrected chi connectivity index (χ2v) is 7.99. The second kappa shape index (κ2) is 7.55. The van der Waals surface area contributed by atoms with E-state index in [1.54, 1.807) is 7.11 Å². The van der Waals surface area contributed by atoms with Gasteiger partial charge in [0.2, 0.25) is 5.89 Å². The molecule has 144 valence electrons. The van der Waals surface area contributed by atoms with Crippen molar-refractivity contribution in [3.05, 3.63) is 58.7 Å². The lowest BCUT2D eigenvalue weighted by atomic mass is 10.1. The number of rotatable bonds is 6. The van der Waals surface area contributed by atoms with Crippen molar-refractivity contribution in [2.75, 3.05) is 7.11 Å². The topological polar surface area (TPSA) is 83.0 Å². The fourth-order valence-electron chi connectivity index (χ4n) is 2.89. The number of benzene rings is 1. The highest BCUT2D eigenvalue weighted by Gasteiger charge is 2.13. The highest BCUT2D eigenvalue weighted by molar-refractivity contribution is 7.22. The van der Waals surface area contributed by atoms with E-state index in [1.165, 1.54) is 22.2 Å². The number of methoxy groups -OCH3 is 1. The lowest BCUT2D eigenvalue weighted by molar-refractivity contribution is 0.358. The molecular weight excluding hydrogens is 376 g/mol. The average molecular weight is 396 g/mol. The molecule has 0 amide bonds. The second-order valence-electron chi connectivity index (χ2n) is 6.93. The molecule has 4 rings (SSSR count). The molecule has 0 unspecified atom stereocenters. The van der Waals surface area contributed by atoms with Crippen molar-refractivity contribution in [2.45, 2.75) is 26.8 Å². The van der Waals surface area contributed by atoms with Gasteiger partial charge in [-0.1, -0.05) is 19.0 Å². The Hall–Kier alpha value is -3.00. The first-order valence-electron chi connectivity index (χ1n) is 8.98. The maximum Gasteiger partial charge on any atom is 0.271 e. The van der Waals surface area contributed by atoms with Crippen LogP contribution in [0, 0.1) is 5.92 Å². The first-order valence-corrected chi connectivity index (χ1v) is 9.80. The van der Waals surface area contributed by atoms with Crippen LogP contribution in [-0.4, -0.2) is 26.8 Å². The zero-order valence-corrected chi connectivity index (χ0v) is 16.7. The van der Waals surface area contributed by atoms with Gasteiger partial charge in [0.15, 0.2) is 5.82 Å². The molecule has 0 aliphatic carbocycles. The molecule has 0 radical (unpaired) electrons. The number of hydrogen-bond donors (Lipinski definition) is 0. The van der Waals surface area contributed by atoms with Crippen LogP contribution in [0.3, 0.4) is 0 Å². The highest BCUT2D eigenvalue weighted by atomic mass is 32.1. The molecule has 8 heteroatoms. The molecule has 3 aromatic heterocycles. The van der Waals surface area contributed by atoms with Crippen molar-refractivity contribution < 1.29 is 9.26 Å². The van der Waals surface area contributed by atoms with Crippen molar-refractivity contribution in [2.24, 2.45) is 5.92 Å². The van der Waals surface area contributed by atoms with Crippen molar-refractivity contribution >= 4 is 21.6 Å². The Morgan fingerprint density at radius 1 is 1.25 bits per heavy atom. The van der Waals surface area contributed by atoms with E-state index < -0.39 is 0 Å². The molecule has 28 heavy (non-hydrogen) atoms. The molecular formula is C20H20N4O3S. The van der Waals surface area contributed by atoms with Gasteiger partial charge < -0.3 is 9.26 Å². The number of ether oxygens (including phenoxy) is 1. The fraction of sp³-hybridized carbons (Fsp3) is 0.300. The SMILES string of the molecule is COc1ccc(-c2cc3ncn(Cc4noc(CC(C)C)n4)c(=O)c3s2)cc1. The molecule has 0 spiro atoms. The minimum absolute atomic E-state index is 0.107. The number of nitrogens with zero attached hydrogens (tertiary/aromatic N) is 4. The largest absolute Gasteiger partial charge is 0.497 e. The molecule has 0 saturated carbocycles. The molecule has 0 atom stereocenters. The summed E-state index contributed by atoms with van der Waals surface area (Å²) in [6, 6.07) is 9.67. The Balaban J connectivity index is 1.63. The van der Waals surface area contributed by atoms with Crippen LogP contribution < -0.4 is 10.3 Å². The lowest BCUT2D eigenvalue weighted by Gasteiger charge is -2.01. The third-order valence-corrected chi connectivity index (χ3v) is 5.44. The van der Waals surface area contributed by atoms with Crippen LogP contribution >= 0.6 is 11.3 Å². The number of aromatic nitrogens is 4. The quantitative estimate of drug-likeness (QED) is 0.493.